The van der Waals surface area contributed by atoms with Crippen LogP contribution in [0, 0.1) is 0 Å². The first-order valence-electron chi connectivity index (χ1n) is 4.85. The summed E-state index contributed by atoms with van der Waals surface area (Å²) >= 11 is 5.85. The molecule has 5 nitrogen and oxygen atoms in total. The van der Waals surface area contributed by atoms with Crippen LogP contribution in [0.5, 0.6) is 0 Å². The van der Waals surface area contributed by atoms with Crippen molar-refractivity contribution in [3.63, 3.8) is 0 Å². The van der Waals surface area contributed by atoms with Crippen LogP contribution in [-0.4, -0.2) is 20.9 Å². The number of hydrogen-bond acceptors (Lipinski definition) is 3. The number of aromatic nitrogens is 2. The van der Waals surface area contributed by atoms with Crippen LogP contribution >= 0.6 is 11.6 Å². The Morgan fingerprint density at radius 3 is 2.88 bits per heavy atom. The molecule has 88 valence electrons. The van der Waals surface area contributed by atoms with E-state index in [1.54, 1.807) is 42.3 Å². The summed E-state index contributed by atoms with van der Waals surface area (Å²) in [6.07, 6.45) is 3.35. The van der Waals surface area contributed by atoms with Crippen LogP contribution < -0.4 is 5.32 Å². The fraction of sp³-hybridized carbons (Fsp3) is 0.0909. The lowest BCUT2D eigenvalue weighted by Gasteiger charge is -2.08. The van der Waals surface area contributed by atoms with Gasteiger partial charge in [0, 0.05) is 13.2 Å². The second-order valence-corrected chi connectivity index (χ2v) is 3.90. The molecule has 0 fully saturated rings. The van der Waals surface area contributed by atoms with E-state index in [9.17, 15) is 4.79 Å². The summed E-state index contributed by atoms with van der Waals surface area (Å²) in [6.45, 7) is 0. The van der Waals surface area contributed by atoms with E-state index in [4.69, 9.17) is 16.7 Å². The average Bonchev–Trinajstić information content (AvgIpc) is 2.63. The maximum absolute atomic E-state index is 11.1. The Morgan fingerprint density at radius 2 is 2.29 bits per heavy atom. The SMILES string of the molecule is Cn1cc(Nc2cccc(Cl)c2C(=O)O)cn1. The molecule has 0 unspecified atom stereocenters. The molecule has 0 aliphatic carbocycles. The van der Waals surface area contributed by atoms with E-state index < -0.39 is 5.97 Å². The van der Waals surface area contributed by atoms with Gasteiger partial charge in [0.1, 0.15) is 5.56 Å². The van der Waals surface area contributed by atoms with Crippen molar-refractivity contribution in [2.24, 2.45) is 7.05 Å². The number of carbonyl (C=O) groups is 1. The highest BCUT2D eigenvalue weighted by Gasteiger charge is 2.14. The highest BCUT2D eigenvalue weighted by Crippen LogP contribution is 2.26. The largest absolute Gasteiger partial charge is 0.478 e. The van der Waals surface area contributed by atoms with Crippen molar-refractivity contribution in [3.8, 4) is 0 Å². The number of nitrogens with zero attached hydrogens (tertiary/aromatic N) is 2. The van der Waals surface area contributed by atoms with E-state index in [1.165, 1.54) is 0 Å². The summed E-state index contributed by atoms with van der Waals surface area (Å²) < 4.78 is 1.62. The summed E-state index contributed by atoms with van der Waals surface area (Å²) in [5, 5.41) is 16.2. The monoisotopic (exact) mass is 251 g/mol. The number of halogens is 1. The minimum absolute atomic E-state index is 0.0537. The first kappa shape index (κ1) is 11.5. The molecular formula is C11H10ClN3O2. The Morgan fingerprint density at radius 1 is 1.53 bits per heavy atom. The Labute approximate surface area is 103 Å². The maximum Gasteiger partial charge on any atom is 0.339 e. The van der Waals surface area contributed by atoms with E-state index in [0.29, 0.717) is 11.4 Å². The third kappa shape index (κ3) is 2.39. The number of aryl methyl sites for hydroxylation is 1. The number of benzene rings is 1. The van der Waals surface area contributed by atoms with Crippen LogP contribution in [0.3, 0.4) is 0 Å². The van der Waals surface area contributed by atoms with Crippen LogP contribution in [0.2, 0.25) is 5.02 Å². The fourth-order valence-electron chi connectivity index (χ4n) is 1.49. The van der Waals surface area contributed by atoms with E-state index in [2.05, 4.69) is 10.4 Å². The summed E-state index contributed by atoms with van der Waals surface area (Å²) in [5.41, 5.74) is 1.20. The van der Waals surface area contributed by atoms with Gasteiger partial charge in [-0.25, -0.2) is 4.79 Å². The molecule has 2 aromatic rings. The lowest BCUT2D eigenvalue weighted by molar-refractivity contribution is 0.0698. The van der Waals surface area contributed by atoms with Gasteiger partial charge in [-0.3, -0.25) is 4.68 Å². The van der Waals surface area contributed by atoms with Crippen molar-refractivity contribution in [1.29, 1.82) is 0 Å². The van der Waals surface area contributed by atoms with Gasteiger partial charge in [-0.1, -0.05) is 17.7 Å². The van der Waals surface area contributed by atoms with E-state index in [0.717, 1.165) is 0 Å². The molecule has 17 heavy (non-hydrogen) atoms. The van der Waals surface area contributed by atoms with Crippen molar-refractivity contribution < 1.29 is 9.90 Å². The molecule has 0 spiro atoms. The molecule has 1 aromatic carbocycles. The first-order valence-corrected chi connectivity index (χ1v) is 5.23. The third-order valence-electron chi connectivity index (χ3n) is 2.21. The number of anilines is 2. The van der Waals surface area contributed by atoms with E-state index in [1.807, 2.05) is 0 Å². The molecule has 0 bridgehead atoms. The van der Waals surface area contributed by atoms with Crippen LogP contribution in [-0.2, 0) is 7.05 Å². The normalized spacial score (nSPS) is 10.2. The smallest absolute Gasteiger partial charge is 0.339 e. The van der Waals surface area contributed by atoms with Crippen LogP contribution in [0.1, 0.15) is 10.4 Å². The number of carboxylic acids is 1. The number of aromatic carboxylic acids is 1. The summed E-state index contributed by atoms with van der Waals surface area (Å²) in [6, 6.07) is 4.88. The van der Waals surface area contributed by atoms with Gasteiger partial charge in [-0.2, -0.15) is 5.10 Å². The fourth-order valence-corrected chi connectivity index (χ4v) is 1.74. The van der Waals surface area contributed by atoms with E-state index in [-0.39, 0.29) is 10.6 Å². The van der Waals surface area contributed by atoms with Crippen molar-refractivity contribution in [3.05, 3.63) is 41.2 Å². The van der Waals surface area contributed by atoms with Gasteiger partial charge in [0.15, 0.2) is 0 Å². The molecular weight excluding hydrogens is 242 g/mol. The molecule has 0 saturated carbocycles. The maximum atomic E-state index is 11.1. The predicted molar refractivity (Wildman–Crippen MR) is 64.9 cm³/mol. The van der Waals surface area contributed by atoms with Crippen molar-refractivity contribution in [2.45, 2.75) is 0 Å². The zero-order valence-electron chi connectivity index (χ0n) is 9.01. The number of carboxylic acid groups (broad SMARTS) is 1. The molecule has 0 atom stereocenters. The van der Waals surface area contributed by atoms with Gasteiger partial charge < -0.3 is 10.4 Å². The standard InChI is InChI=1S/C11H10ClN3O2/c1-15-6-7(5-13-15)14-9-4-2-3-8(12)10(9)11(16)17/h2-6,14H,1H3,(H,16,17). The Kier molecular flexibility index (Phi) is 3.01. The molecule has 0 aliphatic heterocycles. The molecule has 0 amide bonds. The van der Waals surface area contributed by atoms with Crippen molar-refractivity contribution in [2.75, 3.05) is 5.32 Å². The Balaban J connectivity index is 2.39. The van der Waals surface area contributed by atoms with Crippen LogP contribution in [0.25, 0.3) is 0 Å². The zero-order chi connectivity index (χ0) is 12.4. The van der Waals surface area contributed by atoms with Gasteiger partial charge in [0.2, 0.25) is 0 Å². The molecule has 2 N–H and O–H groups in total. The highest BCUT2D eigenvalue weighted by atomic mass is 35.5. The zero-order valence-corrected chi connectivity index (χ0v) is 9.77. The Hall–Kier alpha value is -2.01. The minimum Gasteiger partial charge on any atom is -0.478 e. The lowest BCUT2D eigenvalue weighted by atomic mass is 10.1. The molecule has 2 rings (SSSR count). The molecule has 0 aliphatic rings. The Bertz CT molecular complexity index is 566. The van der Waals surface area contributed by atoms with Gasteiger partial charge in [-0.05, 0) is 12.1 Å². The summed E-state index contributed by atoms with van der Waals surface area (Å²) in [5.74, 6) is -1.07. The number of nitrogens with one attached hydrogen (secondary N) is 1. The van der Waals surface area contributed by atoms with Gasteiger partial charge in [0.25, 0.3) is 0 Å². The van der Waals surface area contributed by atoms with E-state index >= 15 is 0 Å². The topological polar surface area (TPSA) is 67.2 Å². The highest BCUT2D eigenvalue weighted by molar-refractivity contribution is 6.34. The average molecular weight is 252 g/mol. The molecule has 0 radical (unpaired) electrons. The van der Waals surface area contributed by atoms with Crippen molar-refractivity contribution in [1.82, 2.24) is 9.78 Å². The molecule has 1 heterocycles. The van der Waals surface area contributed by atoms with Gasteiger partial charge in [0.05, 0.1) is 22.6 Å². The number of rotatable bonds is 3. The lowest BCUT2D eigenvalue weighted by Crippen LogP contribution is -2.03. The number of hydrogen-bond donors (Lipinski definition) is 2. The molecule has 6 heteroatoms. The predicted octanol–water partition coefficient (Wildman–Crippen LogP) is 2.52. The second kappa shape index (κ2) is 4.47. The summed E-state index contributed by atoms with van der Waals surface area (Å²) in [4.78, 5) is 11.1. The van der Waals surface area contributed by atoms with Gasteiger partial charge in [-0.15, -0.1) is 0 Å². The first-order chi connectivity index (χ1) is 8.08. The molecule has 0 saturated heterocycles. The minimum atomic E-state index is -1.07. The van der Waals surface area contributed by atoms with Crippen molar-refractivity contribution >= 4 is 28.9 Å². The summed E-state index contributed by atoms with van der Waals surface area (Å²) in [7, 11) is 1.78. The third-order valence-corrected chi connectivity index (χ3v) is 2.53. The second-order valence-electron chi connectivity index (χ2n) is 3.50. The molecule has 1 aromatic heterocycles. The van der Waals surface area contributed by atoms with Gasteiger partial charge >= 0.3 is 5.97 Å². The van der Waals surface area contributed by atoms with Crippen LogP contribution in [0.15, 0.2) is 30.6 Å². The van der Waals surface area contributed by atoms with Crippen LogP contribution in [0.4, 0.5) is 11.4 Å². The quantitative estimate of drug-likeness (QED) is 0.880.